The molecular weight excluding hydrogens is 346 g/mol. The van der Waals surface area contributed by atoms with Crippen LogP contribution in [0.1, 0.15) is 17.3 Å². The molecule has 0 bridgehead atoms. The summed E-state index contributed by atoms with van der Waals surface area (Å²) < 4.78 is 6.11. The Morgan fingerprint density at radius 2 is 1.58 bits per heavy atom. The zero-order valence-corrected chi connectivity index (χ0v) is 14.4. The van der Waals surface area contributed by atoms with E-state index in [0.717, 1.165) is 33.1 Å². The van der Waals surface area contributed by atoms with Gasteiger partial charge in [0.25, 0.3) is 0 Å². The Hall–Kier alpha value is -3.11. The van der Waals surface area contributed by atoms with Gasteiger partial charge >= 0.3 is 0 Å². The molecule has 5 heteroatoms. The van der Waals surface area contributed by atoms with Gasteiger partial charge in [0.2, 0.25) is 0 Å². The molecule has 1 N–H and O–H groups in total. The Balaban J connectivity index is 1.69. The van der Waals surface area contributed by atoms with Gasteiger partial charge in [-0.15, -0.1) is 0 Å². The monoisotopic (exact) mass is 359 g/mol. The maximum atomic E-state index is 6.26. The maximum absolute atomic E-state index is 6.26. The van der Waals surface area contributed by atoms with E-state index in [1.165, 1.54) is 0 Å². The molecule has 4 nitrogen and oxygen atoms in total. The van der Waals surface area contributed by atoms with Crippen LogP contribution in [-0.4, -0.2) is 11.1 Å². The number of nitrogens with zero attached hydrogens (tertiary/aromatic N) is 2. The van der Waals surface area contributed by atoms with Crippen molar-refractivity contribution in [3.63, 3.8) is 0 Å². The van der Waals surface area contributed by atoms with E-state index < -0.39 is 6.17 Å². The van der Waals surface area contributed by atoms with Crippen LogP contribution in [0.5, 0.6) is 0 Å². The standard InChI is InChI=1S/C21H14ClN3O/c22-21-24-19(13-7-2-1-3-8-13)23-20(25-21)16-11-6-10-15-14-9-4-5-12-17(14)26-18(15)16/h1-12,20H,(H,23,24,25). The number of fused-ring (bicyclic) bond motifs is 3. The normalized spacial score (nSPS) is 17.0. The van der Waals surface area contributed by atoms with Crippen molar-refractivity contribution in [1.82, 2.24) is 5.32 Å². The van der Waals surface area contributed by atoms with Gasteiger partial charge in [-0.25, -0.2) is 9.98 Å². The van der Waals surface area contributed by atoms with Gasteiger partial charge in [-0.1, -0.05) is 66.7 Å². The highest BCUT2D eigenvalue weighted by Crippen LogP contribution is 2.35. The van der Waals surface area contributed by atoms with Gasteiger partial charge in [-0.3, -0.25) is 0 Å². The van der Waals surface area contributed by atoms with E-state index in [4.69, 9.17) is 21.0 Å². The average molecular weight is 360 g/mol. The molecule has 0 spiro atoms. The molecule has 0 amide bonds. The molecule has 1 aliphatic rings. The Kier molecular flexibility index (Phi) is 3.50. The van der Waals surface area contributed by atoms with Crippen LogP contribution >= 0.6 is 11.6 Å². The highest BCUT2D eigenvalue weighted by atomic mass is 35.5. The van der Waals surface area contributed by atoms with Crippen molar-refractivity contribution in [3.8, 4) is 0 Å². The minimum atomic E-state index is -0.455. The van der Waals surface area contributed by atoms with Crippen molar-refractivity contribution in [3.05, 3.63) is 83.9 Å². The van der Waals surface area contributed by atoms with E-state index in [9.17, 15) is 0 Å². The summed E-state index contributed by atoms with van der Waals surface area (Å²) in [6.45, 7) is 0. The third-order valence-corrected chi connectivity index (χ3v) is 4.66. The maximum Gasteiger partial charge on any atom is 0.199 e. The van der Waals surface area contributed by atoms with Gasteiger partial charge in [0.1, 0.15) is 17.0 Å². The first-order valence-corrected chi connectivity index (χ1v) is 8.71. The topological polar surface area (TPSA) is 49.9 Å². The molecule has 1 aliphatic heterocycles. The van der Waals surface area contributed by atoms with Crippen LogP contribution < -0.4 is 5.32 Å². The molecule has 0 saturated heterocycles. The Morgan fingerprint density at radius 3 is 2.46 bits per heavy atom. The highest BCUT2D eigenvalue weighted by Gasteiger charge is 2.22. The number of aliphatic imine (C=N–C) groups is 2. The first-order valence-electron chi connectivity index (χ1n) is 8.33. The SMILES string of the molecule is ClC1=NC(c2cccc3c2oc2ccccc23)N=C(c2ccccc2)N1. The summed E-state index contributed by atoms with van der Waals surface area (Å²) in [5.74, 6) is 0.698. The lowest BCUT2D eigenvalue weighted by Crippen LogP contribution is -2.32. The Morgan fingerprint density at radius 1 is 0.808 bits per heavy atom. The zero-order chi connectivity index (χ0) is 17.5. The van der Waals surface area contributed by atoms with Crippen molar-refractivity contribution in [2.75, 3.05) is 0 Å². The van der Waals surface area contributed by atoms with Crippen molar-refractivity contribution in [1.29, 1.82) is 0 Å². The first kappa shape index (κ1) is 15.2. The van der Waals surface area contributed by atoms with Gasteiger partial charge in [-0.05, 0) is 17.7 Å². The largest absolute Gasteiger partial charge is 0.456 e. The molecule has 5 rings (SSSR count). The first-order chi connectivity index (χ1) is 12.8. The number of benzene rings is 3. The van der Waals surface area contributed by atoms with Gasteiger partial charge in [0.15, 0.2) is 11.5 Å². The fourth-order valence-electron chi connectivity index (χ4n) is 3.27. The van der Waals surface area contributed by atoms with Crippen LogP contribution in [0.2, 0.25) is 0 Å². The molecule has 3 aromatic carbocycles. The summed E-state index contributed by atoms with van der Waals surface area (Å²) >= 11 is 6.26. The summed E-state index contributed by atoms with van der Waals surface area (Å²) in [5.41, 5.74) is 3.50. The lowest BCUT2D eigenvalue weighted by Gasteiger charge is -2.19. The highest BCUT2D eigenvalue weighted by molar-refractivity contribution is 6.66. The number of para-hydroxylation sites is 2. The molecule has 126 valence electrons. The predicted molar refractivity (Wildman–Crippen MR) is 106 cm³/mol. The van der Waals surface area contributed by atoms with Crippen LogP contribution in [0.15, 0.2) is 87.2 Å². The fourth-order valence-corrected chi connectivity index (χ4v) is 3.46. The van der Waals surface area contributed by atoms with E-state index in [-0.39, 0.29) is 0 Å². The van der Waals surface area contributed by atoms with Crippen molar-refractivity contribution >= 4 is 44.7 Å². The second-order valence-corrected chi connectivity index (χ2v) is 6.44. The van der Waals surface area contributed by atoms with Gasteiger partial charge in [0, 0.05) is 21.9 Å². The van der Waals surface area contributed by atoms with Gasteiger partial charge in [0.05, 0.1) is 0 Å². The van der Waals surface area contributed by atoms with E-state index >= 15 is 0 Å². The molecule has 26 heavy (non-hydrogen) atoms. The minimum absolute atomic E-state index is 0.317. The van der Waals surface area contributed by atoms with Crippen LogP contribution in [0.25, 0.3) is 21.9 Å². The second kappa shape index (κ2) is 6.00. The Labute approximate surface area is 154 Å². The van der Waals surface area contributed by atoms with Crippen molar-refractivity contribution in [2.24, 2.45) is 9.98 Å². The van der Waals surface area contributed by atoms with E-state index in [0.29, 0.717) is 11.1 Å². The van der Waals surface area contributed by atoms with Crippen LogP contribution in [0.4, 0.5) is 0 Å². The average Bonchev–Trinajstić information content (AvgIpc) is 3.07. The van der Waals surface area contributed by atoms with Crippen LogP contribution in [-0.2, 0) is 0 Å². The van der Waals surface area contributed by atoms with Crippen molar-refractivity contribution < 1.29 is 4.42 Å². The van der Waals surface area contributed by atoms with Gasteiger partial charge < -0.3 is 9.73 Å². The van der Waals surface area contributed by atoms with E-state index in [1.54, 1.807) is 0 Å². The van der Waals surface area contributed by atoms with E-state index in [2.05, 4.69) is 22.4 Å². The van der Waals surface area contributed by atoms with Crippen LogP contribution in [0, 0.1) is 0 Å². The molecule has 4 aromatic rings. The Bertz CT molecular complexity index is 1180. The third-order valence-electron chi connectivity index (χ3n) is 4.47. The molecule has 0 radical (unpaired) electrons. The quantitative estimate of drug-likeness (QED) is 0.498. The number of nitrogens with one attached hydrogen (secondary N) is 1. The molecule has 1 atom stereocenters. The number of hydrogen-bond donors (Lipinski definition) is 1. The molecular formula is C21H14ClN3O. The smallest absolute Gasteiger partial charge is 0.199 e. The predicted octanol–water partition coefficient (Wildman–Crippen LogP) is 5.23. The third kappa shape index (κ3) is 2.47. The number of rotatable bonds is 2. The lowest BCUT2D eigenvalue weighted by atomic mass is 10.1. The molecule has 0 fully saturated rings. The molecule has 0 saturated carbocycles. The lowest BCUT2D eigenvalue weighted by molar-refractivity contribution is 0.649. The zero-order valence-electron chi connectivity index (χ0n) is 13.7. The second-order valence-electron chi connectivity index (χ2n) is 6.08. The number of halogens is 1. The number of amidine groups is 2. The molecule has 1 unspecified atom stereocenters. The minimum Gasteiger partial charge on any atom is -0.456 e. The molecule has 2 heterocycles. The van der Waals surface area contributed by atoms with E-state index in [1.807, 2.05) is 60.7 Å². The summed E-state index contributed by atoms with van der Waals surface area (Å²) in [7, 11) is 0. The number of furan rings is 1. The number of hydrogen-bond acceptors (Lipinski definition) is 4. The summed E-state index contributed by atoms with van der Waals surface area (Å²) in [5, 5.41) is 5.50. The summed E-state index contributed by atoms with van der Waals surface area (Å²) in [4.78, 5) is 9.24. The van der Waals surface area contributed by atoms with Gasteiger partial charge in [-0.2, -0.15) is 0 Å². The van der Waals surface area contributed by atoms with Crippen molar-refractivity contribution in [2.45, 2.75) is 6.17 Å². The summed E-state index contributed by atoms with van der Waals surface area (Å²) in [6, 6.07) is 23.9. The summed E-state index contributed by atoms with van der Waals surface area (Å²) in [6.07, 6.45) is -0.455. The fraction of sp³-hybridized carbons (Fsp3) is 0.0476. The van der Waals surface area contributed by atoms with Crippen LogP contribution in [0.3, 0.4) is 0 Å². The molecule has 1 aromatic heterocycles. The molecule has 0 aliphatic carbocycles.